The number of rotatable bonds is 2. The van der Waals surface area contributed by atoms with Crippen molar-refractivity contribution in [1.29, 1.82) is 0 Å². The predicted octanol–water partition coefficient (Wildman–Crippen LogP) is 1.82. The van der Waals surface area contributed by atoms with Crippen molar-refractivity contribution in [3.05, 3.63) is 35.4 Å². The maximum Gasteiger partial charge on any atom is 0.417 e. The topological polar surface area (TPSA) is 84.9 Å². The third-order valence-corrected chi connectivity index (χ3v) is 3.32. The van der Waals surface area contributed by atoms with Crippen LogP contribution in [0.3, 0.4) is 0 Å². The highest BCUT2D eigenvalue weighted by Crippen LogP contribution is 2.17. The first kappa shape index (κ1) is 17.9. The van der Waals surface area contributed by atoms with Crippen LogP contribution in [0.2, 0.25) is 0 Å². The molecule has 0 radical (unpaired) electrons. The first-order valence-electron chi connectivity index (χ1n) is 7.82. The molecule has 1 aliphatic heterocycles. The van der Waals surface area contributed by atoms with Crippen molar-refractivity contribution in [3.8, 4) is 0 Å². The monoisotopic (exact) mass is 334 g/mol. The van der Waals surface area contributed by atoms with Crippen molar-refractivity contribution in [3.63, 3.8) is 0 Å². The molecule has 1 N–H and O–H groups in total. The van der Waals surface area contributed by atoms with Crippen molar-refractivity contribution < 1.29 is 23.9 Å². The van der Waals surface area contributed by atoms with Crippen molar-refractivity contribution in [2.75, 3.05) is 26.2 Å². The van der Waals surface area contributed by atoms with Gasteiger partial charge in [-0.15, -0.1) is 0 Å². The van der Waals surface area contributed by atoms with E-state index in [9.17, 15) is 14.4 Å². The minimum atomic E-state index is -0.861. The van der Waals surface area contributed by atoms with E-state index in [-0.39, 0.29) is 11.1 Å². The lowest BCUT2D eigenvalue weighted by atomic mass is 10.1. The van der Waals surface area contributed by atoms with Crippen LogP contribution in [-0.2, 0) is 9.47 Å². The fourth-order valence-corrected chi connectivity index (χ4v) is 2.22. The van der Waals surface area contributed by atoms with Crippen LogP contribution < -0.4 is 5.32 Å². The zero-order chi connectivity index (χ0) is 17.7. The first-order valence-corrected chi connectivity index (χ1v) is 7.82. The second kappa shape index (κ2) is 7.44. The molecule has 0 saturated carbocycles. The van der Waals surface area contributed by atoms with Crippen LogP contribution >= 0.6 is 0 Å². The Labute approximate surface area is 140 Å². The molecule has 0 aliphatic carbocycles. The van der Waals surface area contributed by atoms with E-state index in [1.165, 1.54) is 17.0 Å². The molecule has 130 valence electrons. The number of nitrogens with one attached hydrogen (secondary N) is 1. The molecule has 0 unspecified atom stereocenters. The highest BCUT2D eigenvalue weighted by atomic mass is 16.6. The quantitative estimate of drug-likeness (QED) is 0.656. The Morgan fingerprint density at radius 2 is 1.54 bits per heavy atom. The number of esters is 2. The fourth-order valence-electron chi connectivity index (χ4n) is 2.22. The Morgan fingerprint density at radius 3 is 2.08 bits per heavy atom. The molecular formula is C17H22N2O5. The van der Waals surface area contributed by atoms with Gasteiger partial charge in [-0.3, -0.25) is 0 Å². The van der Waals surface area contributed by atoms with Gasteiger partial charge in [-0.25, -0.2) is 14.4 Å². The minimum Gasteiger partial charge on any atom is -0.456 e. The molecule has 0 atom stereocenters. The van der Waals surface area contributed by atoms with Crippen LogP contribution in [0.4, 0.5) is 4.79 Å². The molecule has 0 spiro atoms. The average molecular weight is 334 g/mol. The lowest BCUT2D eigenvalue weighted by molar-refractivity contribution is 0.00644. The van der Waals surface area contributed by atoms with Gasteiger partial charge < -0.3 is 19.7 Å². The van der Waals surface area contributed by atoms with E-state index >= 15 is 0 Å². The second-order valence-corrected chi connectivity index (χ2v) is 6.44. The predicted molar refractivity (Wildman–Crippen MR) is 86.9 cm³/mol. The molecule has 0 bridgehead atoms. The van der Waals surface area contributed by atoms with E-state index in [0.717, 1.165) is 0 Å². The van der Waals surface area contributed by atoms with Crippen molar-refractivity contribution in [2.45, 2.75) is 26.4 Å². The molecule has 7 heteroatoms. The lowest BCUT2D eigenvalue weighted by Gasteiger charge is -2.26. The summed E-state index contributed by atoms with van der Waals surface area (Å²) in [5.74, 6) is -1.50. The number of nitrogens with zero attached hydrogens (tertiary/aromatic N) is 1. The number of hydrogen-bond donors (Lipinski definition) is 1. The maximum absolute atomic E-state index is 12.3. The van der Waals surface area contributed by atoms with Gasteiger partial charge in [0.15, 0.2) is 0 Å². The summed E-state index contributed by atoms with van der Waals surface area (Å²) in [6, 6.07) is 6.13. The van der Waals surface area contributed by atoms with Gasteiger partial charge >= 0.3 is 18.0 Å². The number of amides is 1. The molecule has 1 aromatic rings. The zero-order valence-corrected chi connectivity index (χ0v) is 14.1. The van der Waals surface area contributed by atoms with Crippen LogP contribution in [0.5, 0.6) is 0 Å². The van der Waals surface area contributed by atoms with Gasteiger partial charge in [0.05, 0.1) is 11.1 Å². The largest absolute Gasteiger partial charge is 0.456 e. The average Bonchev–Trinajstić information content (AvgIpc) is 2.54. The molecular weight excluding hydrogens is 312 g/mol. The van der Waals surface area contributed by atoms with Crippen molar-refractivity contribution in [2.24, 2.45) is 0 Å². The van der Waals surface area contributed by atoms with Gasteiger partial charge in [0, 0.05) is 26.2 Å². The smallest absolute Gasteiger partial charge is 0.417 e. The van der Waals surface area contributed by atoms with Gasteiger partial charge in [-0.2, -0.15) is 0 Å². The van der Waals surface area contributed by atoms with Gasteiger partial charge in [0.25, 0.3) is 0 Å². The SMILES string of the molecule is CC(C)(C)OC(=O)c1ccccc1C(=O)OC(=O)N1CCNCC1. The van der Waals surface area contributed by atoms with Crippen LogP contribution in [0, 0.1) is 0 Å². The first-order chi connectivity index (χ1) is 11.3. The molecule has 1 aromatic carbocycles. The summed E-state index contributed by atoms with van der Waals surface area (Å²) in [4.78, 5) is 38.0. The Hall–Kier alpha value is -2.41. The van der Waals surface area contributed by atoms with Gasteiger partial charge in [0.1, 0.15) is 5.60 Å². The Morgan fingerprint density at radius 1 is 1.00 bits per heavy atom. The molecule has 24 heavy (non-hydrogen) atoms. The van der Waals surface area contributed by atoms with Crippen molar-refractivity contribution >= 4 is 18.0 Å². The summed E-state index contributed by atoms with van der Waals surface area (Å²) >= 11 is 0. The number of hydrogen-bond acceptors (Lipinski definition) is 6. The summed E-state index contributed by atoms with van der Waals surface area (Å²) < 4.78 is 10.2. The molecule has 2 rings (SSSR count). The Balaban J connectivity index is 2.12. The molecule has 1 heterocycles. The van der Waals surface area contributed by atoms with Crippen LogP contribution in [0.1, 0.15) is 41.5 Å². The highest BCUT2D eigenvalue weighted by molar-refractivity contribution is 6.05. The third kappa shape index (κ3) is 4.79. The van der Waals surface area contributed by atoms with Crippen LogP contribution in [-0.4, -0.2) is 54.7 Å². The number of piperazine rings is 1. The van der Waals surface area contributed by atoms with Crippen LogP contribution in [0.25, 0.3) is 0 Å². The van der Waals surface area contributed by atoms with E-state index in [1.807, 2.05) is 0 Å². The standard InChI is InChI=1S/C17H22N2O5/c1-17(2,3)24-15(21)13-7-5-4-6-12(13)14(20)23-16(22)19-10-8-18-9-11-19/h4-7,18H,8-11H2,1-3H3. The van der Waals surface area contributed by atoms with Crippen molar-refractivity contribution in [1.82, 2.24) is 10.2 Å². The zero-order valence-electron chi connectivity index (χ0n) is 14.1. The lowest BCUT2D eigenvalue weighted by Crippen LogP contribution is -2.47. The molecule has 1 aliphatic rings. The minimum absolute atomic E-state index is 0.00948. The second-order valence-electron chi connectivity index (χ2n) is 6.44. The van der Waals surface area contributed by atoms with E-state index in [1.54, 1.807) is 32.9 Å². The summed E-state index contributed by atoms with van der Waals surface area (Å²) in [5, 5.41) is 3.10. The fraction of sp³-hybridized carbons (Fsp3) is 0.471. The van der Waals surface area contributed by atoms with Gasteiger partial charge in [0.2, 0.25) is 0 Å². The number of ether oxygens (including phenoxy) is 2. The number of carbonyl (C=O) groups excluding carboxylic acids is 3. The normalized spacial score (nSPS) is 14.9. The van der Waals surface area contributed by atoms with Gasteiger partial charge in [-0.05, 0) is 32.9 Å². The summed E-state index contributed by atoms with van der Waals surface area (Å²) in [7, 11) is 0. The van der Waals surface area contributed by atoms with E-state index in [0.29, 0.717) is 26.2 Å². The summed E-state index contributed by atoms with van der Waals surface area (Å²) in [5.41, 5.74) is -0.606. The number of benzene rings is 1. The van der Waals surface area contributed by atoms with Crippen LogP contribution in [0.15, 0.2) is 24.3 Å². The van der Waals surface area contributed by atoms with Gasteiger partial charge in [-0.1, -0.05) is 12.1 Å². The summed E-state index contributed by atoms with van der Waals surface area (Å²) in [6.07, 6.45) is -0.708. The molecule has 1 amide bonds. The van der Waals surface area contributed by atoms with E-state index in [2.05, 4.69) is 5.32 Å². The number of carbonyl (C=O) groups is 3. The molecule has 1 fully saturated rings. The molecule has 0 aromatic heterocycles. The Bertz CT molecular complexity index is 630. The highest BCUT2D eigenvalue weighted by Gasteiger charge is 2.26. The molecule has 7 nitrogen and oxygen atoms in total. The summed E-state index contributed by atoms with van der Waals surface area (Å²) in [6.45, 7) is 7.45. The Kier molecular flexibility index (Phi) is 5.56. The van der Waals surface area contributed by atoms with E-state index in [4.69, 9.17) is 9.47 Å². The third-order valence-electron chi connectivity index (χ3n) is 3.32. The maximum atomic E-state index is 12.3. The van der Waals surface area contributed by atoms with E-state index < -0.39 is 23.6 Å². The molecule has 1 saturated heterocycles.